The number of aromatic nitrogens is 3. The number of hydrogen-bond acceptors (Lipinski definition) is 5. The summed E-state index contributed by atoms with van der Waals surface area (Å²) >= 11 is 0. The van der Waals surface area contributed by atoms with Gasteiger partial charge in [-0.25, -0.2) is 0 Å². The van der Waals surface area contributed by atoms with Crippen LogP contribution in [0.3, 0.4) is 0 Å². The fourth-order valence-corrected chi connectivity index (χ4v) is 2.77. The van der Waals surface area contributed by atoms with Crippen LogP contribution < -0.4 is 5.32 Å². The zero-order chi connectivity index (χ0) is 16.8. The van der Waals surface area contributed by atoms with Gasteiger partial charge in [-0.05, 0) is 38.3 Å². The molecule has 1 aliphatic heterocycles. The summed E-state index contributed by atoms with van der Waals surface area (Å²) in [6, 6.07) is 5.75. The fraction of sp³-hybridized carbons (Fsp3) is 0.588. The highest BCUT2D eigenvalue weighted by atomic mass is 16.5. The topological polar surface area (TPSA) is 77.8 Å². The maximum atomic E-state index is 12.1. The Morgan fingerprint density at radius 1 is 1.46 bits per heavy atom. The third-order valence-corrected chi connectivity index (χ3v) is 4.21. The molecule has 1 saturated heterocycles. The predicted octanol–water partition coefficient (Wildman–Crippen LogP) is 1.36. The van der Waals surface area contributed by atoms with Gasteiger partial charge < -0.3 is 14.8 Å². The Balaban J connectivity index is 1.40. The second kappa shape index (κ2) is 8.21. The number of amides is 1. The first kappa shape index (κ1) is 16.9. The van der Waals surface area contributed by atoms with Gasteiger partial charge in [-0.2, -0.15) is 0 Å². The second-order valence-corrected chi connectivity index (χ2v) is 6.05. The molecule has 0 aliphatic carbocycles. The SMILES string of the molecule is C[C@H](OC[C@@H]1CCCCO1)C(=O)NCCc1nnc2ccccn12. The molecule has 7 heteroatoms. The van der Waals surface area contributed by atoms with E-state index in [0.29, 0.717) is 19.6 Å². The molecular formula is C17H24N4O3. The van der Waals surface area contributed by atoms with Crippen molar-refractivity contribution in [2.45, 2.75) is 44.8 Å². The van der Waals surface area contributed by atoms with Crippen LogP contribution in [0.2, 0.25) is 0 Å². The molecule has 0 unspecified atom stereocenters. The lowest BCUT2D eigenvalue weighted by Gasteiger charge is -2.23. The first-order valence-electron chi connectivity index (χ1n) is 8.53. The van der Waals surface area contributed by atoms with Crippen molar-refractivity contribution in [2.75, 3.05) is 19.8 Å². The summed E-state index contributed by atoms with van der Waals surface area (Å²) in [5.74, 6) is 0.717. The molecule has 2 aromatic rings. The Morgan fingerprint density at radius 2 is 2.38 bits per heavy atom. The number of nitrogens with zero attached hydrogens (tertiary/aromatic N) is 3. The van der Waals surface area contributed by atoms with Crippen LogP contribution in [0.1, 0.15) is 32.0 Å². The monoisotopic (exact) mass is 332 g/mol. The number of carbonyl (C=O) groups is 1. The van der Waals surface area contributed by atoms with Gasteiger partial charge >= 0.3 is 0 Å². The molecular weight excluding hydrogens is 308 g/mol. The van der Waals surface area contributed by atoms with Gasteiger partial charge in [0.15, 0.2) is 5.65 Å². The molecule has 1 aliphatic rings. The van der Waals surface area contributed by atoms with Crippen molar-refractivity contribution in [1.29, 1.82) is 0 Å². The first-order chi connectivity index (χ1) is 11.7. The predicted molar refractivity (Wildman–Crippen MR) is 88.7 cm³/mol. The number of fused-ring (bicyclic) bond motifs is 1. The highest BCUT2D eigenvalue weighted by molar-refractivity contribution is 5.80. The van der Waals surface area contributed by atoms with Gasteiger partial charge in [0.05, 0.1) is 12.7 Å². The van der Waals surface area contributed by atoms with Crippen LogP contribution in [0.4, 0.5) is 0 Å². The molecule has 2 atom stereocenters. The maximum absolute atomic E-state index is 12.1. The zero-order valence-corrected chi connectivity index (χ0v) is 14.0. The van der Waals surface area contributed by atoms with Gasteiger partial charge in [-0.1, -0.05) is 6.07 Å². The molecule has 3 rings (SSSR count). The van der Waals surface area contributed by atoms with Crippen LogP contribution in [0.5, 0.6) is 0 Å². The largest absolute Gasteiger partial charge is 0.376 e. The van der Waals surface area contributed by atoms with Crippen LogP contribution >= 0.6 is 0 Å². The Bertz CT molecular complexity index is 667. The average Bonchev–Trinajstić information content (AvgIpc) is 3.04. The minimum atomic E-state index is -0.481. The molecule has 3 heterocycles. The van der Waals surface area contributed by atoms with Gasteiger partial charge in [0, 0.05) is 25.8 Å². The molecule has 0 saturated carbocycles. The van der Waals surface area contributed by atoms with E-state index in [-0.39, 0.29) is 12.0 Å². The molecule has 24 heavy (non-hydrogen) atoms. The fourth-order valence-electron chi connectivity index (χ4n) is 2.77. The quantitative estimate of drug-likeness (QED) is 0.828. The van der Waals surface area contributed by atoms with Crippen molar-refractivity contribution < 1.29 is 14.3 Å². The highest BCUT2D eigenvalue weighted by Crippen LogP contribution is 2.13. The molecule has 130 valence electrons. The zero-order valence-electron chi connectivity index (χ0n) is 14.0. The van der Waals surface area contributed by atoms with Crippen LogP contribution in [0, 0.1) is 0 Å². The molecule has 0 aromatic carbocycles. The van der Waals surface area contributed by atoms with Crippen molar-refractivity contribution in [3.05, 3.63) is 30.2 Å². The van der Waals surface area contributed by atoms with E-state index in [2.05, 4.69) is 15.5 Å². The van der Waals surface area contributed by atoms with Crippen molar-refractivity contribution in [3.8, 4) is 0 Å². The Morgan fingerprint density at radius 3 is 3.21 bits per heavy atom. The first-order valence-corrected chi connectivity index (χ1v) is 8.53. The third kappa shape index (κ3) is 4.30. The summed E-state index contributed by atoms with van der Waals surface area (Å²) in [4.78, 5) is 12.1. The Labute approximate surface area is 141 Å². The lowest BCUT2D eigenvalue weighted by Crippen LogP contribution is -2.37. The van der Waals surface area contributed by atoms with Crippen LogP contribution in [0.25, 0.3) is 5.65 Å². The lowest BCUT2D eigenvalue weighted by molar-refractivity contribution is -0.135. The number of rotatable bonds is 7. The summed E-state index contributed by atoms with van der Waals surface area (Å²) in [6.07, 6.45) is 5.47. The molecule has 0 radical (unpaired) electrons. The van der Waals surface area contributed by atoms with E-state index < -0.39 is 6.10 Å². The molecule has 0 bridgehead atoms. The van der Waals surface area contributed by atoms with Crippen LogP contribution in [-0.2, 0) is 20.7 Å². The number of hydrogen-bond donors (Lipinski definition) is 1. The minimum absolute atomic E-state index is 0.111. The van der Waals surface area contributed by atoms with Crippen molar-refractivity contribution in [3.63, 3.8) is 0 Å². The van der Waals surface area contributed by atoms with Crippen LogP contribution in [-0.4, -0.2) is 52.5 Å². The summed E-state index contributed by atoms with van der Waals surface area (Å²) in [5.41, 5.74) is 0.808. The molecule has 1 fully saturated rings. The summed E-state index contributed by atoms with van der Waals surface area (Å²) in [6.45, 7) is 3.54. The highest BCUT2D eigenvalue weighted by Gasteiger charge is 2.18. The van der Waals surface area contributed by atoms with Gasteiger partial charge in [-0.15, -0.1) is 10.2 Å². The standard InChI is InChI=1S/C17H24N4O3/c1-13(24-12-14-6-3-5-11-23-14)17(22)18-9-8-16-20-19-15-7-2-4-10-21(15)16/h2,4,7,10,13-14H,3,5-6,8-9,11-12H2,1H3,(H,18,22)/t13-,14-/m0/s1. The summed E-state index contributed by atoms with van der Waals surface area (Å²) in [5, 5.41) is 11.1. The van der Waals surface area contributed by atoms with Gasteiger partial charge in [0.25, 0.3) is 0 Å². The van der Waals surface area contributed by atoms with E-state index >= 15 is 0 Å². The second-order valence-electron chi connectivity index (χ2n) is 6.05. The summed E-state index contributed by atoms with van der Waals surface area (Å²) < 4.78 is 13.2. The van der Waals surface area contributed by atoms with E-state index in [4.69, 9.17) is 9.47 Å². The molecule has 7 nitrogen and oxygen atoms in total. The molecule has 1 amide bonds. The molecule has 1 N–H and O–H groups in total. The number of ether oxygens (including phenoxy) is 2. The van der Waals surface area contributed by atoms with Crippen molar-refractivity contribution in [1.82, 2.24) is 19.9 Å². The van der Waals surface area contributed by atoms with E-state index in [1.54, 1.807) is 6.92 Å². The van der Waals surface area contributed by atoms with Crippen molar-refractivity contribution in [2.24, 2.45) is 0 Å². The average molecular weight is 332 g/mol. The van der Waals surface area contributed by atoms with Gasteiger partial charge in [-0.3, -0.25) is 9.20 Å². The van der Waals surface area contributed by atoms with E-state index in [1.165, 1.54) is 6.42 Å². The molecule has 0 spiro atoms. The Hall–Kier alpha value is -1.99. The van der Waals surface area contributed by atoms with Gasteiger partial charge in [0.2, 0.25) is 5.91 Å². The normalized spacial score (nSPS) is 19.3. The van der Waals surface area contributed by atoms with Gasteiger partial charge in [0.1, 0.15) is 11.9 Å². The smallest absolute Gasteiger partial charge is 0.248 e. The van der Waals surface area contributed by atoms with E-state index in [9.17, 15) is 4.79 Å². The minimum Gasteiger partial charge on any atom is -0.376 e. The lowest BCUT2D eigenvalue weighted by atomic mass is 10.1. The number of pyridine rings is 1. The van der Waals surface area contributed by atoms with Crippen LogP contribution in [0.15, 0.2) is 24.4 Å². The maximum Gasteiger partial charge on any atom is 0.248 e. The summed E-state index contributed by atoms with van der Waals surface area (Å²) in [7, 11) is 0. The number of carbonyl (C=O) groups excluding carboxylic acids is 1. The number of nitrogens with one attached hydrogen (secondary N) is 1. The third-order valence-electron chi connectivity index (χ3n) is 4.21. The van der Waals surface area contributed by atoms with E-state index in [1.807, 2.05) is 28.8 Å². The van der Waals surface area contributed by atoms with E-state index in [0.717, 1.165) is 30.9 Å². The van der Waals surface area contributed by atoms with Crippen molar-refractivity contribution >= 4 is 11.6 Å². The molecule has 2 aromatic heterocycles. The Kier molecular flexibility index (Phi) is 5.77.